The Morgan fingerprint density at radius 1 is 0.316 bits per heavy atom. The molecule has 0 aliphatic rings. The Hall–Kier alpha value is -6.75. The first-order chi connectivity index (χ1) is 27.9. The molecule has 0 aliphatic heterocycles. The van der Waals surface area contributed by atoms with Crippen LogP contribution in [0.5, 0.6) is 0 Å². The zero-order valence-electron chi connectivity index (χ0n) is 30.4. The number of hydrogen-bond donors (Lipinski definition) is 0. The number of hydrogen-bond acceptors (Lipinski definition) is 1. The van der Waals surface area contributed by atoms with E-state index in [-0.39, 0.29) is 0 Å². The van der Waals surface area contributed by atoms with Gasteiger partial charge < -0.3 is 0 Å². The van der Waals surface area contributed by atoms with E-state index in [0.717, 1.165) is 49.4 Å². The van der Waals surface area contributed by atoms with Gasteiger partial charge in [0.05, 0.1) is 5.56 Å². The van der Waals surface area contributed by atoms with Crippen molar-refractivity contribution in [3.8, 4) is 44.5 Å². The normalized spacial score (nSPS) is 12.1. The molecule has 0 aliphatic carbocycles. The van der Waals surface area contributed by atoms with Crippen LogP contribution in [0.4, 0.5) is 13.2 Å². The van der Waals surface area contributed by atoms with Crippen LogP contribution in [0.3, 0.4) is 0 Å². The molecule has 270 valence electrons. The summed E-state index contributed by atoms with van der Waals surface area (Å²) in [5, 5.41) is 11.4. The molecule has 0 atom stereocenters. The van der Waals surface area contributed by atoms with Gasteiger partial charge in [0.15, 0.2) is 0 Å². The fourth-order valence-corrected chi connectivity index (χ4v) is 10.2. The first-order valence-corrected chi connectivity index (χ1v) is 19.8. The van der Waals surface area contributed by atoms with Crippen LogP contribution in [-0.4, -0.2) is 0 Å². The maximum atomic E-state index is 13.6. The second kappa shape index (κ2) is 12.9. The van der Waals surface area contributed by atoms with Crippen LogP contribution < -0.4 is 0 Å². The summed E-state index contributed by atoms with van der Waals surface area (Å²) in [6, 6.07) is 63.9. The maximum absolute atomic E-state index is 13.6. The van der Waals surface area contributed by atoms with Crippen molar-refractivity contribution in [2.75, 3.05) is 0 Å². The predicted molar refractivity (Wildman–Crippen MR) is 236 cm³/mol. The Morgan fingerprint density at radius 3 is 1.23 bits per heavy atom. The van der Waals surface area contributed by atoms with Crippen LogP contribution in [0, 0.1) is 0 Å². The van der Waals surface area contributed by atoms with Gasteiger partial charge >= 0.3 is 6.18 Å². The number of rotatable bonds is 4. The van der Waals surface area contributed by atoms with E-state index >= 15 is 0 Å². The molecule has 57 heavy (non-hydrogen) atoms. The summed E-state index contributed by atoms with van der Waals surface area (Å²) in [5.74, 6) is 0. The largest absolute Gasteiger partial charge is 0.416 e. The van der Waals surface area contributed by atoms with E-state index in [4.69, 9.17) is 0 Å². The van der Waals surface area contributed by atoms with Gasteiger partial charge in [-0.25, -0.2) is 0 Å². The van der Waals surface area contributed by atoms with E-state index in [1.165, 1.54) is 70.5 Å². The second-order valence-corrected chi connectivity index (χ2v) is 15.7. The molecule has 0 saturated heterocycles. The first-order valence-electron chi connectivity index (χ1n) is 19.0. The Kier molecular flexibility index (Phi) is 7.60. The van der Waals surface area contributed by atoms with E-state index in [1.807, 2.05) is 12.1 Å². The molecule has 1 aromatic heterocycles. The molecule has 10 aromatic carbocycles. The van der Waals surface area contributed by atoms with Crippen LogP contribution in [0.25, 0.3) is 108 Å². The lowest BCUT2D eigenvalue weighted by Crippen LogP contribution is -2.04. The van der Waals surface area contributed by atoms with Crippen molar-refractivity contribution < 1.29 is 13.2 Å². The zero-order chi connectivity index (χ0) is 38.3. The Morgan fingerprint density at radius 2 is 0.737 bits per heavy atom. The fourth-order valence-electron chi connectivity index (χ4n) is 9.10. The summed E-state index contributed by atoms with van der Waals surface area (Å²) in [7, 11) is 0. The molecule has 0 amide bonds. The Labute approximate surface area is 330 Å². The van der Waals surface area contributed by atoms with Crippen molar-refractivity contribution in [3.63, 3.8) is 0 Å². The third kappa shape index (κ3) is 5.28. The van der Waals surface area contributed by atoms with Crippen LogP contribution >= 0.6 is 11.3 Å². The molecule has 0 spiro atoms. The minimum Gasteiger partial charge on any atom is -0.166 e. The lowest BCUT2D eigenvalue weighted by atomic mass is 9.84. The van der Waals surface area contributed by atoms with E-state index in [2.05, 4.69) is 152 Å². The van der Waals surface area contributed by atoms with Crippen LogP contribution in [-0.2, 0) is 6.18 Å². The minimum atomic E-state index is -4.40. The van der Waals surface area contributed by atoms with Gasteiger partial charge in [-0.1, -0.05) is 158 Å². The van der Waals surface area contributed by atoms with Gasteiger partial charge in [-0.05, 0) is 118 Å². The molecule has 11 aromatic rings. The molecule has 0 radical (unpaired) electrons. The monoisotopic (exact) mass is 756 g/mol. The van der Waals surface area contributed by atoms with Crippen LogP contribution in [0.15, 0.2) is 188 Å². The summed E-state index contributed by atoms with van der Waals surface area (Å²) in [5.41, 5.74) is 8.11. The number of halogens is 3. The molecule has 0 N–H and O–H groups in total. The first kappa shape index (κ1) is 33.6. The van der Waals surface area contributed by atoms with Gasteiger partial charge in [-0.2, -0.15) is 13.2 Å². The summed E-state index contributed by atoms with van der Waals surface area (Å²) < 4.78 is 43.3. The van der Waals surface area contributed by atoms with Crippen molar-refractivity contribution in [2.24, 2.45) is 0 Å². The van der Waals surface area contributed by atoms with Gasteiger partial charge in [0.1, 0.15) is 0 Å². The van der Waals surface area contributed by atoms with Crippen molar-refractivity contribution in [2.45, 2.75) is 6.18 Å². The molecule has 11 rings (SSSR count). The third-order valence-corrected chi connectivity index (χ3v) is 12.6. The fraction of sp³-hybridized carbons (Fsp3) is 0.0189. The second-order valence-electron chi connectivity index (χ2n) is 14.6. The molecule has 0 unspecified atom stereocenters. The molecule has 1 heterocycles. The molecular weight excluding hydrogens is 726 g/mol. The van der Waals surface area contributed by atoms with E-state index in [0.29, 0.717) is 0 Å². The number of benzene rings is 10. The average Bonchev–Trinajstić information content (AvgIpc) is 3.63. The highest BCUT2D eigenvalue weighted by atomic mass is 32.1. The number of fused-ring (bicyclic) bond motifs is 7. The highest BCUT2D eigenvalue weighted by Gasteiger charge is 2.30. The van der Waals surface area contributed by atoms with E-state index < -0.39 is 11.7 Å². The van der Waals surface area contributed by atoms with Crippen molar-refractivity contribution in [3.05, 3.63) is 194 Å². The average molecular weight is 757 g/mol. The minimum absolute atomic E-state index is 0.653. The van der Waals surface area contributed by atoms with Crippen molar-refractivity contribution in [1.29, 1.82) is 0 Å². The predicted octanol–water partition coefficient (Wildman–Crippen LogP) is 16.4. The van der Waals surface area contributed by atoms with Gasteiger partial charge in [-0.3, -0.25) is 0 Å². The SMILES string of the molecule is FC(F)(F)c1ccc(-c2c3ccccc3c(-c3cccc4sc5ccc(-c6c7ccccc7c(-c7ccccc7)c7ccccc67)cc5c34)c3ccccc23)cc1. The topological polar surface area (TPSA) is 0 Å². The van der Waals surface area contributed by atoms with E-state index in [9.17, 15) is 13.2 Å². The molecule has 4 heteroatoms. The Balaban J connectivity index is 1.19. The third-order valence-electron chi connectivity index (χ3n) is 11.5. The lowest BCUT2D eigenvalue weighted by Gasteiger charge is -2.19. The number of thiophene rings is 1. The van der Waals surface area contributed by atoms with Gasteiger partial charge in [0.25, 0.3) is 0 Å². The van der Waals surface area contributed by atoms with Crippen molar-refractivity contribution in [1.82, 2.24) is 0 Å². The molecule has 0 saturated carbocycles. The number of alkyl halides is 3. The molecule has 0 fully saturated rings. The van der Waals surface area contributed by atoms with Crippen LogP contribution in [0.1, 0.15) is 5.56 Å². The van der Waals surface area contributed by atoms with Gasteiger partial charge in [-0.15, -0.1) is 11.3 Å². The van der Waals surface area contributed by atoms with Crippen LogP contribution in [0.2, 0.25) is 0 Å². The van der Waals surface area contributed by atoms with Gasteiger partial charge in [0.2, 0.25) is 0 Å². The standard InChI is InChI=1S/C53H31F3S/c54-53(55,56)35-28-25-33(26-29-35)49-40-19-8-10-21-42(40)51(43-22-11-9-20-41(43)49)44-23-12-24-47-52(44)45-31-34(27-30-46(45)57-47)50-38-17-6-4-15-36(38)48(32-13-2-1-3-14-32)37-16-5-7-18-39(37)50/h1-31H. The summed E-state index contributed by atoms with van der Waals surface area (Å²) >= 11 is 1.80. The van der Waals surface area contributed by atoms with E-state index in [1.54, 1.807) is 23.5 Å². The smallest absolute Gasteiger partial charge is 0.166 e. The quantitative estimate of drug-likeness (QED) is 0.157. The molecule has 0 bridgehead atoms. The Bertz CT molecular complexity index is 3260. The summed E-state index contributed by atoms with van der Waals surface area (Å²) in [4.78, 5) is 0. The summed E-state index contributed by atoms with van der Waals surface area (Å²) in [6.45, 7) is 0. The van der Waals surface area contributed by atoms with Crippen molar-refractivity contribution >= 4 is 74.6 Å². The highest BCUT2D eigenvalue weighted by molar-refractivity contribution is 7.26. The maximum Gasteiger partial charge on any atom is 0.416 e. The zero-order valence-corrected chi connectivity index (χ0v) is 31.3. The van der Waals surface area contributed by atoms with Gasteiger partial charge in [0, 0.05) is 20.2 Å². The molecular formula is C53H31F3S. The lowest BCUT2D eigenvalue weighted by molar-refractivity contribution is -0.137. The summed E-state index contributed by atoms with van der Waals surface area (Å²) in [6.07, 6.45) is -4.40. The highest BCUT2D eigenvalue weighted by Crippen LogP contribution is 2.50. The molecule has 0 nitrogen and oxygen atoms in total.